The summed E-state index contributed by atoms with van der Waals surface area (Å²) in [6.45, 7) is 1.48. The first-order valence-corrected chi connectivity index (χ1v) is 7.74. The Balaban J connectivity index is 1.62. The first-order chi connectivity index (χ1) is 11.1. The molecule has 1 unspecified atom stereocenters. The molecule has 0 saturated carbocycles. The molecule has 1 atom stereocenters. The quantitative estimate of drug-likeness (QED) is 0.673. The van der Waals surface area contributed by atoms with Crippen LogP contribution in [0.1, 0.15) is 29.6 Å². The number of ether oxygens (including phenoxy) is 2. The lowest BCUT2D eigenvalue weighted by Gasteiger charge is -2.27. The van der Waals surface area contributed by atoms with Crippen molar-refractivity contribution in [2.45, 2.75) is 25.4 Å². The summed E-state index contributed by atoms with van der Waals surface area (Å²) >= 11 is 0. The number of amides is 1. The molecule has 1 N–H and O–H groups in total. The minimum absolute atomic E-state index is 0.145. The lowest BCUT2D eigenvalue weighted by molar-refractivity contribution is -0.138. The number of aliphatic hydroxyl groups is 1. The molecule has 0 aliphatic carbocycles. The first kappa shape index (κ1) is 15.6. The van der Waals surface area contributed by atoms with Gasteiger partial charge in [-0.25, -0.2) is 0 Å². The largest absolute Gasteiger partial charge is 0.454 e. The summed E-state index contributed by atoms with van der Waals surface area (Å²) in [5.41, 5.74) is 0.420. The van der Waals surface area contributed by atoms with Crippen molar-refractivity contribution < 1.29 is 24.2 Å². The van der Waals surface area contributed by atoms with Crippen LogP contribution in [0.3, 0.4) is 0 Å². The molecule has 1 aromatic rings. The standard InChI is InChI=1S/C17H19NO5/c19-13(12-4-7-15-16(10-12)23-11-22-15)5-6-14(20)17(21)18-8-2-1-3-9-18/h4-7,10,14,20H,1-3,8-9,11H2. The maximum Gasteiger partial charge on any atom is 0.255 e. The Morgan fingerprint density at radius 2 is 1.87 bits per heavy atom. The van der Waals surface area contributed by atoms with Gasteiger partial charge >= 0.3 is 0 Å². The Morgan fingerprint density at radius 1 is 1.13 bits per heavy atom. The van der Waals surface area contributed by atoms with Crippen LogP contribution in [0.4, 0.5) is 0 Å². The van der Waals surface area contributed by atoms with Crippen LogP contribution in [0, 0.1) is 0 Å². The molecule has 6 nitrogen and oxygen atoms in total. The molecule has 0 bridgehead atoms. The Kier molecular flexibility index (Phi) is 4.62. The number of fused-ring (bicyclic) bond motifs is 1. The third-order valence-corrected chi connectivity index (χ3v) is 4.01. The fourth-order valence-electron chi connectivity index (χ4n) is 2.71. The maximum absolute atomic E-state index is 12.1. The van der Waals surface area contributed by atoms with Gasteiger partial charge in [0.2, 0.25) is 6.79 Å². The summed E-state index contributed by atoms with van der Waals surface area (Å²) in [5, 5.41) is 9.95. The second kappa shape index (κ2) is 6.83. The van der Waals surface area contributed by atoms with Crippen LogP contribution in [0.25, 0.3) is 0 Å². The van der Waals surface area contributed by atoms with E-state index in [1.54, 1.807) is 23.1 Å². The number of hydrogen-bond donors (Lipinski definition) is 1. The second-order valence-corrected chi connectivity index (χ2v) is 5.62. The summed E-state index contributed by atoms with van der Waals surface area (Å²) in [6.07, 6.45) is 4.20. The predicted molar refractivity (Wildman–Crippen MR) is 82.5 cm³/mol. The van der Waals surface area contributed by atoms with Gasteiger partial charge in [0, 0.05) is 18.7 Å². The molecule has 23 heavy (non-hydrogen) atoms. The van der Waals surface area contributed by atoms with Crippen molar-refractivity contribution in [1.82, 2.24) is 4.90 Å². The first-order valence-electron chi connectivity index (χ1n) is 7.74. The number of likely N-dealkylation sites (tertiary alicyclic amines) is 1. The van der Waals surface area contributed by atoms with Crippen molar-refractivity contribution in [2.24, 2.45) is 0 Å². The van der Waals surface area contributed by atoms with Gasteiger partial charge in [0.15, 0.2) is 23.4 Å². The molecule has 2 heterocycles. The molecule has 6 heteroatoms. The van der Waals surface area contributed by atoms with Crippen LogP contribution in [-0.2, 0) is 4.79 Å². The van der Waals surface area contributed by atoms with Gasteiger partial charge < -0.3 is 19.5 Å². The molecule has 3 rings (SSSR count). The number of aliphatic hydroxyl groups excluding tert-OH is 1. The lowest BCUT2D eigenvalue weighted by atomic mass is 10.1. The molecule has 0 spiro atoms. The molecular weight excluding hydrogens is 298 g/mol. The van der Waals surface area contributed by atoms with Crippen molar-refractivity contribution >= 4 is 11.7 Å². The van der Waals surface area contributed by atoms with E-state index in [0.29, 0.717) is 30.2 Å². The van der Waals surface area contributed by atoms with Crippen molar-refractivity contribution in [3.63, 3.8) is 0 Å². The number of hydrogen-bond acceptors (Lipinski definition) is 5. The number of ketones is 1. The number of nitrogens with zero attached hydrogens (tertiary/aromatic N) is 1. The van der Waals surface area contributed by atoms with Crippen molar-refractivity contribution in [2.75, 3.05) is 19.9 Å². The SMILES string of the molecule is O=C(C=CC(O)C(=O)N1CCCCC1)c1ccc2c(c1)OCO2. The molecule has 2 aliphatic rings. The minimum Gasteiger partial charge on any atom is -0.454 e. The highest BCUT2D eigenvalue weighted by molar-refractivity contribution is 6.05. The third-order valence-electron chi connectivity index (χ3n) is 4.01. The molecule has 0 radical (unpaired) electrons. The van der Waals surface area contributed by atoms with Gasteiger partial charge in [0.25, 0.3) is 5.91 Å². The number of carbonyl (C=O) groups is 2. The predicted octanol–water partition coefficient (Wildman–Crippen LogP) is 1.53. The van der Waals surface area contributed by atoms with Gasteiger partial charge in [-0.2, -0.15) is 0 Å². The average molecular weight is 317 g/mol. The zero-order chi connectivity index (χ0) is 16.2. The molecule has 0 aromatic heterocycles. The van der Waals surface area contributed by atoms with Crippen molar-refractivity contribution in [3.8, 4) is 11.5 Å². The van der Waals surface area contributed by atoms with E-state index in [0.717, 1.165) is 19.3 Å². The van der Waals surface area contributed by atoms with E-state index >= 15 is 0 Å². The fraction of sp³-hybridized carbons (Fsp3) is 0.412. The van der Waals surface area contributed by atoms with E-state index in [-0.39, 0.29) is 18.5 Å². The van der Waals surface area contributed by atoms with Gasteiger partial charge in [0.05, 0.1) is 0 Å². The van der Waals surface area contributed by atoms with Crippen LogP contribution in [0.15, 0.2) is 30.4 Å². The van der Waals surface area contributed by atoms with Crippen LogP contribution < -0.4 is 9.47 Å². The number of allylic oxidation sites excluding steroid dienone is 1. The van der Waals surface area contributed by atoms with Crippen molar-refractivity contribution in [1.29, 1.82) is 0 Å². The Hall–Kier alpha value is -2.34. The van der Waals surface area contributed by atoms with Crippen LogP contribution in [-0.4, -0.2) is 47.7 Å². The molecule has 122 valence electrons. The number of piperidine rings is 1. The van der Waals surface area contributed by atoms with Gasteiger partial charge in [-0.3, -0.25) is 9.59 Å². The van der Waals surface area contributed by atoms with E-state index in [4.69, 9.17) is 9.47 Å². The molecule has 2 aliphatic heterocycles. The zero-order valence-corrected chi connectivity index (χ0v) is 12.7. The fourth-order valence-corrected chi connectivity index (χ4v) is 2.71. The van der Waals surface area contributed by atoms with E-state index < -0.39 is 6.10 Å². The summed E-state index contributed by atoms with van der Waals surface area (Å²) < 4.78 is 10.4. The highest BCUT2D eigenvalue weighted by Gasteiger charge is 2.22. The van der Waals surface area contributed by atoms with Crippen LogP contribution in [0.5, 0.6) is 11.5 Å². The van der Waals surface area contributed by atoms with Gasteiger partial charge in [-0.15, -0.1) is 0 Å². The van der Waals surface area contributed by atoms with E-state index in [1.165, 1.54) is 12.2 Å². The third kappa shape index (κ3) is 3.53. The van der Waals surface area contributed by atoms with E-state index in [1.807, 2.05) is 0 Å². The monoisotopic (exact) mass is 317 g/mol. The molecule has 1 amide bonds. The number of benzene rings is 1. The van der Waals surface area contributed by atoms with Gasteiger partial charge in [0.1, 0.15) is 0 Å². The van der Waals surface area contributed by atoms with Gasteiger partial charge in [-0.1, -0.05) is 0 Å². The Labute approximate surface area is 134 Å². The van der Waals surface area contributed by atoms with E-state index in [2.05, 4.69) is 0 Å². The summed E-state index contributed by atoms with van der Waals surface area (Å²) in [5.74, 6) is 0.480. The Morgan fingerprint density at radius 3 is 2.65 bits per heavy atom. The van der Waals surface area contributed by atoms with Crippen LogP contribution in [0.2, 0.25) is 0 Å². The molecule has 1 saturated heterocycles. The zero-order valence-electron chi connectivity index (χ0n) is 12.7. The summed E-state index contributed by atoms with van der Waals surface area (Å²) in [4.78, 5) is 25.8. The topological polar surface area (TPSA) is 76.1 Å². The second-order valence-electron chi connectivity index (χ2n) is 5.62. The average Bonchev–Trinajstić information content (AvgIpc) is 3.07. The maximum atomic E-state index is 12.1. The molecule has 1 fully saturated rings. The minimum atomic E-state index is -1.29. The highest BCUT2D eigenvalue weighted by Crippen LogP contribution is 2.32. The van der Waals surface area contributed by atoms with Crippen LogP contribution >= 0.6 is 0 Å². The Bertz CT molecular complexity index is 634. The number of rotatable bonds is 4. The van der Waals surface area contributed by atoms with Crippen molar-refractivity contribution in [3.05, 3.63) is 35.9 Å². The number of carbonyl (C=O) groups excluding carboxylic acids is 2. The van der Waals surface area contributed by atoms with Gasteiger partial charge in [-0.05, 0) is 49.6 Å². The smallest absolute Gasteiger partial charge is 0.255 e. The highest BCUT2D eigenvalue weighted by atomic mass is 16.7. The summed E-state index contributed by atoms with van der Waals surface area (Å²) in [7, 11) is 0. The molecule has 1 aromatic carbocycles. The normalized spacial score (nSPS) is 18.2. The molecular formula is C17H19NO5. The van der Waals surface area contributed by atoms with E-state index in [9.17, 15) is 14.7 Å². The summed E-state index contributed by atoms with van der Waals surface area (Å²) in [6, 6.07) is 4.88. The lowest BCUT2D eigenvalue weighted by Crippen LogP contribution is -2.41.